The van der Waals surface area contributed by atoms with E-state index in [-0.39, 0.29) is 29.2 Å². The van der Waals surface area contributed by atoms with Gasteiger partial charge in [0.15, 0.2) is 8.32 Å². The van der Waals surface area contributed by atoms with Gasteiger partial charge in [-0.1, -0.05) is 20.8 Å². The molecule has 2 amide bonds. The molecule has 1 aromatic rings. The third kappa shape index (κ3) is 4.19. The molecule has 170 valence electrons. The van der Waals surface area contributed by atoms with Crippen LogP contribution in [0.2, 0.25) is 18.1 Å². The zero-order chi connectivity index (χ0) is 22.4. The van der Waals surface area contributed by atoms with Gasteiger partial charge in [-0.15, -0.1) is 0 Å². The van der Waals surface area contributed by atoms with E-state index in [4.69, 9.17) is 13.9 Å². The molecule has 0 unspecified atom stereocenters. The van der Waals surface area contributed by atoms with Gasteiger partial charge in [0.25, 0.3) is 0 Å². The van der Waals surface area contributed by atoms with E-state index in [2.05, 4.69) is 33.9 Å². The highest BCUT2D eigenvalue weighted by Crippen LogP contribution is 2.42. The van der Waals surface area contributed by atoms with Gasteiger partial charge in [0.1, 0.15) is 11.9 Å². The van der Waals surface area contributed by atoms with Gasteiger partial charge in [0.2, 0.25) is 5.91 Å². The molecule has 0 aliphatic carbocycles. The fourth-order valence-electron chi connectivity index (χ4n) is 4.16. The van der Waals surface area contributed by atoms with E-state index in [9.17, 15) is 9.59 Å². The van der Waals surface area contributed by atoms with Crippen molar-refractivity contribution in [3.8, 4) is 5.75 Å². The smallest absolute Gasteiger partial charge is 0.415 e. The molecule has 2 saturated heterocycles. The summed E-state index contributed by atoms with van der Waals surface area (Å²) in [5, 5.41) is 0.0940. The fraction of sp³-hybridized carbons (Fsp3) is 0.652. The van der Waals surface area contributed by atoms with E-state index in [1.54, 1.807) is 4.90 Å². The molecule has 3 heterocycles. The molecule has 3 aliphatic heterocycles. The summed E-state index contributed by atoms with van der Waals surface area (Å²) in [6.45, 7) is 12.6. The minimum absolute atomic E-state index is 0.0940. The molecule has 4 rings (SSSR count). The highest BCUT2D eigenvalue weighted by atomic mass is 28.4. The van der Waals surface area contributed by atoms with Crippen LogP contribution in [0.3, 0.4) is 0 Å². The second kappa shape index (κ2) is 8.13. The maximum absolute atomic E-state index is 12.8. The van der Waals surface area contributed by atoms with Crippen LogP contribution in [-0.4, -0.2) is 52.2 Å². The van der Waals surface area contributed by atoms with Gasteiger partial charge < -0.3 is 18.8 Å². The number of nitrogens with zero attached hydrogens (tertiary/aromatic N) is 2. The standard InChI is InChI=1S/C23H34N2O5Si/c1-23(2,3)31(4,5)29-15-20-18-11-13-28-19-14-16(24-12-7-6-8-21(24)26)9-10-17(19)25(18)22(27)30-20/h9-10,14,18,20H,6-8,11-13,15H2,1-5H3/t18-,20-/m0/s1. The van der Waals surface area contributed by atoms with E-state index in [0.29, 0.717) is 37.5 Å². The summed E-state index contributed by atoms with van der Waals surface area (Å²) in [5.41, 5.74) is 1.53. The Morgan fingerprint density at radius 3 is 2.68 bits per heavy atom. The quantitative estimate of drug-likeness (QED) is 0.627. The Morgan fingerprint density at radius 2 is 1.97 bits per heavy atom. The Labute approximate surface area is 185 Å². The maximum Gasteiger partial charge on any atom is 0.415 e. The van der Waals surface area contributed by atoms with Gasteiger partial charge in [-0.05, 0) is 43.1 Å². The molecule has 3 aliphatic rings. The lowest BCUT2D eigenvalue weighted by atomic mass is 10.1. The largest absolute Gasteiger partial charge is 0.491 e. The molecule has 2 fully saturated rings. The SMILES string of the molecule is CC(C)(C)[Si](C)(C)OC[C@@H]1OC(=O)N2c3ccc(N4CCCCC4=O)cc3OCC[C@@H]12. The molecule has 7 nitrogen and oxygen atoms in total. The van der Waals surface area contributed by atoms with Gasteiger partial charge in [-0.3, -0.25) is 9.69 Å². The average Bonchev–Trinajstić information content (AvgIpc) is 2.89. The summed E-state index contributed by atoms with van der Waals surface area (Å²) >= 11 is 0. The van der Waals surface area contributed by atoms with Crippen molar-refractivity contribution in [1.29, 1.82) is 0 Å². The molecule has 2 atom stereocenters. The first-order valence-electron chi connectivity index (χ1n) is 11.3. The molecule has 0 aromatic heterocycles. The summed E-state index contributed by atoms with van der Waals surface area (Å²) in [4.78, 5) is 28.7. The molecule has 0 saturated carbocycles. The van der Waals surface area contributed by atoms with Crippen LogP contribution < -0.4 is 14.5 Å². The molecule has 0 bridgehead atoms. The molecule has 1 aromatic carbocycles. The van der Waals surface area contributed by atoms with Gasteiger partial charge in [0.05, 0.1) is 24.9 Å². The third-order valence-corrected chi connectivity index (χ3v) is 11.6. The lowest BCUT2D eigenvalue weighted by Gasteiger charge is -2.37. The minimum atomic E-state index is -1.95. The topological polar surface area (TPSA) is 68.3 Å². The van der Waals surface area contributed by atoms with Crippen molar-refractivity contribution in [2.75, 3.05) is 29.6 Å². The predicted molar refractivity (Wildman–Crippen MR) is 122 cm³/mol. The van der Waals surface area contributed by atoms with Gasteiger partial charge >= 0.3 is 6.09 Å². The van der Waals surface area contributed by atoms with Crippen molar-refractivity contribution >= 4 is 31.7 Å². The number of anilines is 2. The van der Waals surface area contributed by atoms with E-state index < -0.39 is 8.32 Å². The van der Waals surface area contributed by atoms with E-state index in [0.717, 1.165) is 25.1 Å². The first kappa shape index (κ1) is 22.1. The maximum atomic E-state index is 12.8. The van der Waals surface area contributed by atoms with E-state index >= 15 is 0 Å². The van der Waals surface area contributed by atoms with Gasteiger partial charge in [-0.2, -0.15) is 0 Å². The molecule has 8 heteroatoms. The summed E-state index contributed by atoms with van der Waals surface area (Å²) < 4.78 is 18.1. The Balaban J connectivity index is 1.55. The number of carbonyl (C=O) groups is 2. The van der Waals surface area contributed by atoms with Crippen molar-refractivity contribution in [2.24, 2.45) is 0 Å². The monoisotopic (exact) mass is 446 g/mol. The lowest BCUT2D eigenvalue weighted by molar-refractivity contribution is -0.119. The number of fused-ring (bicyclic) bond motifs is 3. The summed E-state index contributed by atoms with van der Waals surface area (Å²) in [5.74, 6) is 0.766. The number of benzene rings is 1. The van der Waals surface area contributed by atoms with E-state index in [1.165, 1.54) is 0 Å². The van der Waals surface area contributed by atoms with Crippen molar-refractivity contribution in [3.63, 3.8) is 0 Å². The number of piperidine rings is 1. The first-order valence-corrected chi connectivity index (χ1v) is 14.2. The summed E-state index contributed by atoms with van der Waals surface area (Å²) in [6, 6.07) is 5.54. The van der Waals surface area contributed by atoms with Crippen LogP contribution in [0.4, 0.5) is 16.2 Å². The number of cyclic esters (lactones) is 1. The third-order valence-electron chi connectivity index (χ3n) is 7.13. The normalized spacial score (nSPS) is 24.3. The fourth-order valence-corrected chi connectivity index (χ4v) is 5.18. The van der Waals surface area contributed by atoms with Crippen molar-refractivity contribution < 1.29 is 23.5 Å². The number of carbonyl (C=O) groups excluding carboxylic acids is 2. The van der Waals surface area contributed by atoms with Crippen LogP contribution in [0.1, 0.15) is 46.5 Å². The molecule has 0 N–H and O–H groups in total. The van der Waals surface area contributed by atoms with Crippen LogP contribution >= 0.6 is 0 Å². The Kier molecular flexibility index (Phi) is 5.81. The average molecular weight is 447 g/mol. The van der Waals surface area contributed by atoms with E-state index in [1.807, 2.05) is 23.1 Å². The van der Waals surface area contributed by atoms with Crippen LogP contribution in [-0.2, 0) is 14.0 Å². The number of amides is 2. The van der Waals surface area contributed by atoms with Crippen LogP contribution in [0.15, 0.2) is 18.2 Å². The lowest BCUT2D eigenvalue weighted by Crippen LogP contribution is -2.45. The highest BCUT2D eigenvalue weighted by Gasteiger charge is 2.47. The van der Waals surface area contributed by atoms with Crippen molar-refractivity contribution in [2.45, 2.75) is 76.7 Å². The van der Waals surface area contributed by atoms with Crippen LogP contribution in [0, 0.1) is 0 Å². The van der Waals surface area contributed by atoms with Crippen LogP contribution in [0.25, 0.3) is 0 Å². The molecule has 0 spiro atoms. The number of ether oxygens (including phenoxy) is 2. The van der Waals surface area contributed by atoms with Crippen molar-refractivity contribution in [1.82, 2.24) is 0 Å². The second-order valence-corrected chi connectivity index (χ2v) is 15.0. The summed E-state index contributed by atoms with van der Waals surface area (Å²) in [7, 11) is -1.95. The van der Waals surface area contributed by atoms with Gasteiger partial charge in [-0.25, -0.2) is 4.79 Å². The second-order valence-electron chi connectivity index (χ2n) is 10.2. The Bertz CT molecular complexity index is 866. The zero-order valence-corrected chi connectivity index (χ0v) is 20.3. The predicted octanol–water partition coefficient (Wildman–Crippen LogP) is 4.70. The Hall–Kier alpha value is -2.06. The number of rotatable bonds is 4. The Morgan fingerprint density at radius 1 is 1.19 bits per heavy atom. The number of hydrogen-bond acceptors (Lipinski definition) is 5. The van der Waals surface area contributed by atoms with Crippen molar-refractivity contribution in [3.05, 3.63) is 18.2 Å². The van der Waals surface area contributed by atoms with Crippen LogP contribution in [0.5, 0.6) is 5.75 Å². The van der Waals surface area contributed by atoms with Gasteiger partial charge in [0, 0.05) is 31.1 Å². The summed E-state index contributed by atoms with van der Waals surface area (Å²) in [6.07, 6.45) is 2.51. The molecular formula is C23H34N2O5Si. The first-order chi connectivity index (χ1) is 14.6. The number of hydrogen-bond donors (Lipinski definition) is 0. The molecular weight excluding hydrogens is 412 g/mol. The molecule has 0 radical (unpaired) electrons. The molecule has 31 heavy (non-hydrogen) atoms. The minimum Gasteiger partial charge on any atom is -0.491 e. The zero-order valence-electron chi connectivity index (χ0n) is 19.3. The highest BCUT2D eigenvalue weighted by molar-refractivity contribution is 6.74.